The normalized spacial score (nSPS) is 10.4. The number of H-pyrrole nitrogens is 1. The van der Waals surface area contributed by atoms with Crippen molar-refractivity contribution in [2.24, 2.45) is 0 Å². The molecule has 2 aromatic heterocycles. The number of benzene rings is 1. The van der Waals surface area contributed by atoms with Crippen molar-refractivity contribution in [2.75, 3.05) is 0 Å². The molecule has 2 heterocycles. The van der Waals surface area contributed by atoms with Gasteiger partial charge in [0.25, 0.3) is 5.89 Å². The molecule has 0 saturated carbocycles. The summed E-state index contributed by atoms with van der Waals surface area (Å²) in [7, 11) is 0. The molecule has 5 nitrogen and oxygen atoms in total. The van der Waals surface area contributed by atoms with Gasteiger partial charge in [0.2, 0.25) is 0 Å². The fourth-order valence-corrected chi connectivity index (χ4v) is 2.25. The van der Waals surface area contributed by atoms with E-state index in [1.165, 1.54) is 0 Å². The highest BCUT2D eigenvalue weighted by Crippen LogP contribution is 2.21. The van der Waals surface area contributed by atoms with Crippen LogP contribution in [0.1, 0.15) is 17.0 Å². The quantitative estimate of drug-likeness (QED) is 0.800. The van der Waals surface area contributed by atoms with Gasteiger partial charge >= 0.3 is 0 Å². The first-order valence-electron chi connectivity index (χ1n) is 5.91. The summed E-state index contributed by atoms with van der Waals surface area (Å²) in [5, 5.41) is 12.7. The third-order valence-electron chi connectivity index (χ3n) is 2.82. The molecule has 20 heavy (non-hydrogen) atoms. The first-order chi connectivity index (χ1) is 9.76. The topological polar surface area (TPSA) is 78.5 Å². The SMILES string of the molecule is N#Cc1c[nH]c(-c2nc(Cc3ccccc3Br)no2)c1. The second kappa shape index (κ2) is 5.31. The van der Waals surface area contributed by atoms with Crippen LogP contribution in [0.3, 0.4) is 0 Å². The van der Waals surface area contributed by atoms with Gasteiger partial charge in [-0.2, -0.15) is 10.2 Å². The third-order valence-corrected chi connectivity index (χ3v) is 3.59. The second-order valence-electron chi connectivity index (χ2n) is 4.20. The van der Waals surface area contributed by atoms with Gasteiger partial charge in [0.05, 0.1) is 5.56 Å². The molecule has 0 aliphatic heterocycles. The molecule has 0 radical (unpaired) electrons. The van der Waals surface area contributed by atoms with Crippen molar-refractivity contribution < 1.29 is 4.52 Å². The Hall–Kier alpha value is -2.39. The molecule has 0 spiro atoms. The van der Waals surface area contributed by atoms with Crippen LogP contribution in [0.4, 0.5) is 0 Å². The molecular weight excluding hydrogens is 320 g/mol. The summed E-state index contributed by atoms with van der Waals surface area (Å²) < 4.78 is 6.22. The molecular formula is C14H9BrN4O. The third kappa shape index (κ3) is 2.49. The zero-order valence-electron chi connectivity index (χ0n) is 10.3. The molecule has 3 rings (SSSR count). The zero-order chi connectivity index (χ0) is 13.9. The Bertz CT molecular complexity index is 784. The molecule has 1 N–H and O–H groups in total. The predicted octanol–water partition coefficient (Wildman–Crippen LogP) is 3.29. The highest BCUT2D eigenvalue weighted by Gasteiger charge is 2.12. The summed E-state index contributed by atoms with van der Waals surface area (Å²) in [6.07, 6.45) is 2.18. The number of nitriles is 1. The first kappa shape index (κ1) is 12.6. The smallest absolute Gasteiger partial charge is 0.274 e. The molecule has 0 fully saturated rings. The number of rotatable bonds is 3. The van der Waals surface area contributed by atoms with Crippen molar-refractivity contribution >= 4 is 15.9 Å². The molecule has 0 saturated heterocycles. The lowest BCUT2D eigenvalue weighted by Gasteiger charge is -1.99. The van der Waals surface area contributed by atoms with E-state index in [1.54, 1.807) is 12.3 Å². The van der Waals surface area contributed by atoms with Gasteiger partial charge in [-0.1, -0.05) is 39.3 Å². The Morgan fingerprint density at radius 2 is 2.20 bits per heavy atom. The Kier molecular flexibility index (Phi) is 3.35. The lowest BCUT2D eigenvalue weighted by atomic mass is 10.1. The van der Waals surface area contributed by atoms with E-state index in [2.05, 4.69) is 31.1 Å². The van der Waals surface area contributed by atoms with Gasteiger partial charge in [0.15, 0.2) is 5.82 Å². The van der Waals surface area contributed by atoms with Gasteiger partial charge in [0.1, 0.15) is 11.8 Å². The van der Waals surface area contributed by atoms with E-state index in [0.29, 0.717) is 29.4 Å². The Morgan fingerprint density at radius 3 is 2.95 bits per heavy atom. The Morgan fingerprint density at radius 1 is 1.35 bits per heavy atom. The highest BCUT2D eigenvalue weighted by molar-refractivity contribution is 9.10. The fourth-order valence-electron chi connectivity index (χ4n) is 1.83. The van der Waals surface area contributed by atoms with Crippen molar-refractivity contribution in [3.63, 3.8) is 0 Å². The minimum atomic E-state index is 0.383. The van der Waals surface area contributed by atoms with Crippen LogP contribution in [0.5, 0.6) is 0 Å². The van der Waals surface area contributed by atoms with Gasteiger partial charge in [-0.3, -0.25) is 0 Å². The molecule has 1 aromatic carbocycles. The molecule has 0 aliphatic carbocycles. The van der Waals surface area contributed by atoms with Gasteiger partial charge in [0, 0.05) is 17.1 Å². The Balaban J connectivity index is 1.84. The lowest BCUT2D eigenvalue weighted by molar-refractivity contribution is 0.423. The van der Waals surface area contributed by atoms with Crippen LogP contribution in [-0.4, -0.2) is 15.1 Å². The van der Waals surface area contributed by atoms with Crippen molar-refractivity contribution in [1.82, 2.24) is 15.1 Å². The average molecular weight is 329 g/mol. The second-order valence-corrected chi connectivity index (χ2v) is 5.05. The molecule has 0 unspecified atom stereocenters. The van der Waals surface area contributed by atoms with Gasteiger partial charge in [-0.25, -0.2) is 0 Å². The number of aromatic nitrogens is 3. The van der Waals surface area contributed by atoms with Crippen LogP contribution in [0, 0.1) is 11.3 Å². The van der Waals surface area contributed by atoms with Gasteiger partial charge in [-0.15, -0.1) is 0 Å². The highest BCUT2D eigenvalue weighted by atomic mass is 79.9. The van der Waals surface area contributed by atoms with Crippen molar-refractivity contribution in [3.8, 4) is 17.7 Å². The number of nitrogens with zero attached hydrogens (tertiary/aromatic N) is 3. The van der Waals surface area contributed by atoms with Crippen molar-refractivity contribution in [1.29, 1.82) is 5.26 Å². The number of nitrogens with one attached hydrogen (secondary N) is 1. The number of hydrogen-bond donors (Lipinski definition) is 1. The number of aromatic amines is 1. The van der Waals surface area contributed by atoms with E-state index in [-0.39, 0.29) is 0 Å². The molecule has 0 aliphatic rings. The van der Waals surface area contributed by atoms with Crippen LogP contribution >= 0.6 is 15.9 Å². The lowest BCUT2D eigenvalue weighted by Crippen LogP contribution is -1.91. The van der Waals surface area contributed by atoms with Crippen LogP contribution in [0.25, 0.3) is 11.6 Å². The van der Waals surface area contributed by atoms with Gasteiger partial charge < -0.3 is 9.51 Å². The molecule has 3 aromatic rings. The predicted molar refractivity (Wildman–Crippen MR) is 75.7 cm³/mol. The van der Waals surface area contributed by atoms with E-state index in [0.717, 1.165) is 10.0 Å². The monoisotopic (exact) mass is 328 g/mol. The molecule has 6 heteroatoms. The molecule has 0 bridgehead atoms. The van der Waals surface area contributed by atoms with Crippen molar-refractivity contribution in [3.05, 3.63) is 58.0 Å². The minimum absolute atomic E-state index is 0.383. The summed E-state index contributed by atoms with van der Waals surface area (Å²) in [6, 6.07) is 11.6. The van der Waals surface area contributed by atoms with Gasteiger partial charge in [-0.05, 0) is 17.7 Å². The molecule has 0 atom stereocenters. The summed E-state index contributed by atoms with van der Waals surface area (Å²) >= 11 is 3.49. The summed E-state index contributed by atoms with van der Waals surface area (Å²) in [6.45, 7) is 0. The first-order valence-corrected chi connectivity index (χ1v) is 6.70. The fraction of sp³-hybridized carbons (Fsp3) is 0.0714. The maximum atomic E-state index is 8.79. The summed E-state index contributed by atoms with van der Waals surface area (Å²) in [4.78, 5) is 7.26. The molecule has 98 valence electrons. The zero-order valence-corrected chi connectivity index (χ0v) is 11.9. The van der Waals surface area contributed by atoms with E-state index < -0.39 is 0 Å². The van der Waals surface area contributed by atoms with Crippen molar-refractivity contribution in [2.45, 2.75) is 6.42 Å². The van der Waals surface area contributed by atoms with Crippen LogP contribution in [0.15, 0.2) is 45.5 Å². The van der Waals surface area contributed by atoms with E-state index in [4.69, 9.17) is 9.78 Å². The van der Waals surface area contributed by atoms with Crippen LogP contribution < -0.4 is 0 Å². The number of hydrogen-bond acceptors (Lipinski definition) is 4. The number of halogens is 1. The Labute approximate surface area is 123 Å². The largest absolute Gasteiger partial charge is 0.356 e. The van der Waals surface area contributed by atoms with E-state index in [1.807, 2.05) is 30.3 Å². The van der Waals surface area contributed by atoms with Crippen LogP contribution in [-0.2, 0) is 6.42 Å². The standard InChI is InChI=1S/C14H9BrN4O/c15-11-4-2-1-3-10(11)6-13-18-14(20-19-13)12-5-9(7-16)8-17-12/h1-5,8,17H,6H2. The molecule has 0 amide bonds. The summed E-state index contributed by atoms with van der Waals surface area (Å²) in [5.74, 6) is 0.980. The van der Waals surface area contributed by atoms with Crippen LogP contribution in [0.2, 0.25) is 0 Å². The maximum absolute atomic E-state index is 8.79. The van der Waals surface area contributed by atoms with E-state index in [9.17, 15) is 0 Å². The maximum Gasteiger partial charge on any atom is 0.274 e. The summed E-state index contributed by atoms with van der Waals surface area (Å²) in [5.41, 5.74) is 2.27. The average Bonchev–Trinajstić information content (AvgIpc) is 3.10. The minimum Gasteiger partial charge on any atom is -0.356 e. The van der Waals surface area contributed by atoms with E-state index >= 15 is 0 Å².